The van der Waals surface area contributed by atoms with Crippen molar-refractivity contribution in [2.45, 2.75) is 20.8 Å². The first-order valence-corrected chi connectivity index (χ1v) is 11.2. The molecule has 0 heterocycles. The number of hydrogen-bond acceptors (Lipinski definition) is 0. The van der Waals surface area contributed by atoms with E-state index in [2.05, 4.69) is 4.20 Å². The van der Waals surface area contributed by atoms with Crippen molar-refractivity contribution in [3.8, 4) is 4.20 Å². The fourth-order valence-corrected chi connectivity index (χ4v) is 6.16. The zero-order valence-electron chi connectivity index (χ0n) is 5.54. The van der Waals surface area contributed by atoms with Gasteiger partial charge >= 0.3 is 70.9 Å². The topological polar surface area (TPSA) is 0 Å². The molecule has 0 bridgehead atoms. The van der Waals surface area contributed by atoms with E-state index in [-0.39, 0.29) is 5.41 Å². The summed E-state index contributed by atoms with van der Waals surface area (Å²) in [4.78, 5) is 0. The summed E-state index contributed by atoms with van der Waals surface area (Å²) in [6.07, 6.45) is 0. The summed E-state index contributed by atoms with van der Waals surface area (Å²) in [5, 5.41) is 0. The Morgan fingerprint density at radius 3 is 1.44 bits per heavy atom. The molecule has 0 N–H and O–H groups in total. The molecule has 0 atom stereocenters. The summed E-state index contributed by atoms with van der Waals surface area (Å²) < 4.78 is 2.94. The Morgan fingerprint density at radius 2 is 1.44 bits per heavy atom. The van der Waals surface area contributed by atoms with Crippen LogP contribution >= 0.6 is 28.3 Å². The molecular weight excluding hydrogens is 262 g/mol. The van der Waals surface area contributed by atoms with Gasteiger partial charge in [-0.15, -0.1) is 0 Å². The van der Waals surface area contributed by atoms with Crippen molar-refractivity contribution in [1.29, 1.82) is 0 Å². The van der Waals surface area contributed by atoms with Crippen LogP contribution in [0.3, 0.4) is 0 Å². The molecule has 0 aliphatic rings. The fraction of sp³-hybridized carbons (Fsp3) is 0.800. The van der Waals surface area contributed by atoms with Crippen molar-refractivity contribution in [3.63, 3.8) is 0 Å². The van der Waals surface area contributed by atoms with E-state index in [1.807, 2.05) is 20.8 Å². The summed E-state index contributed by atoms with van der Waals surface area (Å²) in [5.74, 6) is 0. The molecule has 0 saturated carbocycles. The molecule has 0 aliphatic heterocycles. The van der Waals surface area contributed by atoms with Crippen molar-refractivity contribution in [2.75, 3.05) is 0 Å². The van der Waals surface area contributed by atoms with Gasteiger partial charge in [-0.05, 0) is 0 Å². The molecule has 0 spiro atoms. The van der Waals surface area contributed by atoms with E-state index in [4.69, 9.17) is 28.3 Å². The van der Waals surface area contributed by atoms with Crippen LogP contribution in [0.15, 0.2) is 0 Å². The molecule has 0 saturated heterocycles. The Labute approximate surface area is 70.6 Å². The van der Waals surface area contributed by atoms with Gasteiger partial charge in [0.2, 0.25) is 0 Å². The van der Waals surface area contributed by atoms with Gasteiger partial charge in [-0.1, -0.05) is 0 Å². The molecule has 0 aromatic rings. The van der Waals surface area contributed by atoms with Crippen molar-refractivity contribution < 1.29 is 12.3 Å². The van der Waals surface area contributed by atoms with Gasteiger partial charge in [0.15, 0.2) is 0 Å². The second-order valence-corrected chi connectivity index (χ2v) is 16.3. The minimum atomic E-state index is -3.10. The van der Waals surface area contributed by atoms with E-state index in [1.54, 1.807) is 0 Å². The van der Waals surface area contributed by atoms with Gasteiger partial charge in [0.25, 0.3) is 0 Å². The van der Waals surface area contributed by atoms with Crippen LogP contribution in [0.25, 0.3) is 0 Å². The average molecular weight is 271 g/mol. The third-order valence-corrected chi connectivity index (χ3v) is 3.87. The standard InChI is InChI=1S/C5H9.3ClH.Mo/c1-5(2,3)4;;;;/h1-3H3;3*1H;/q;;;;+3/p-3. The van der Waals surface area contributed by atoms with E-state index in [1.165, 1.54) is 0 Å². The van der Waals surface area contributed by atoms with Crippen LogP contribution in [0.2, 0.25) is 0 Å². The first kappa shape index (κ1) is 10.3. The Morgan fingerprint density at radius 1 is 1.11 bits per heavy atom. The van der Waals surface area contributed by atoms with Crippen LogP contribution in [-0.4, -0.2) is 0 Å². The molecule has 0 radical (unpaired) electrons. The normalized spacial score (nSPS) is 13.1. The molecule has 0 amide bonds. The maximum atomic E-state index is 5.63. The van der Waals surface area contributed by atoms with Crippen molar-refractivity contribution in [1.82, 2.24) is 0 Å². The Bertz CT molecular complexity index is 180. The van der Waals surface area contributed by atoms with Crippen LogP contribution in [0, 0.1) is 9.62 Å². The molecule has 0 nitrogen and oxygen atoms in total. The molecule has 0 unspecified atom stereocenters. The Hall–Kier alpha value is 1.34. The first-order valence-electron chi connectivity index (χ1n) is 2.42. The van der Waals surface area contributed by atoms with E-state index >= 15 is 0 Å². The van der Waals surface area contributed by atoms with Gasteiger partial charge in [0.1, 0.15) is 0 Å². The van der Waals surface area contributed by atoms with E-state index in [0.717, 1.165) is 0 Å². The van der Waals surface area contributed by atoms with Gasteiger partial charge in [0, 0.05) is 0 Å². The second kappa shape index (κ2) is 3.16. The number of hydrogen-bond donors (Lipinski definition) is 0. The molecule has 9 heavy (non-hydrogen) atoms. The van der Waals surface area contributed by atoms with Crippen LogP contribution in [0.5, 0.6) is 0 Å². The molecule has 0 aliphatic carbocycles. The van der Waals surface area contributed by atoms with Crippen LogP contribution in [0.1, 0.15) is 20.8 Å². The third kappa shape index (κ3) is 9.34. The summed E-state index contributed by atoms with van der Waals surface area (Å²) >= 11 is -3.10. The molecule has 4 heteroatoms. The SMILES string of the molecule is CC(C)(C)[C]#[Mo]([Cl])([Cl])[Cl]. The monoisotopic (exact) mass is 272 g/mol. The zero-order valence-corrected chi connectivity index (χ0v) is 9.82. The summed E-state index contributed by atoms with van der Waals surface area (Å²) in [6.45, 7) is 5.92. The zero-order chi connectivity index (χ0) is 7.71. The van der Waals surface area contributed by atoms with Gasteiger partial charge in [-0.25, -0.2) is 0 Å². The number of halogens is 3. The van der Waals surface area contributed by atoms with Gasteiger partial charge in [-0.2, -0.15) is 0 Å². The predicted molar refractivity (Wildman–Crippen MR) is 40.9 cm³/mol. The second-order valence-electron chi connectivity index (χ2n) is 2.76. The Balaban J connectivity index is 4.55. The maximum absolute atomic E-state index is 5.63. The summed E-state index contributed by atoms with van der Waals surface area (Å²) in [5.41, 5.74) is -0.0770. The molecule has 0 rings (SSSR count). The molecular formula is C5H9Cl3Mo. The minimum absolute atomic E-state index is 0.0770. The average Bonchev–Trinajstić information content (AvgIpc) is 1.14. The predicted octanol–water partition coefficient (Wildman–Crippen LogP) is 3.61. The third-order valence-electron chi connectivity index (χ3n) is 0.422. The van der Waals surface area contributed by atoms with Crippen LogP contribution in [-0.2, 0) is 12.3 Å². The number of rotatable bonds is 0. The fourth-order valence-electron chi connectivity index (χ4n) is 0.347. The van der Waals surface area contributed by atoms with Gasteiger partial charge < -0.3 is 0 Å². The van der Waals surface area contributed by atoms with Crippen molar-refractivity contribution in [3.05, 3.63) is 0 Å². The first-order chi connectivity index (χ1) is 3.71. The molecule has 0 aromatic heterocycles. The summed E-state index contributed by atoms with van der Waals surface area (Å²) in [7, 11) is 16.9. The molecule has 0 aromatic carbocycles. The molecule has 0 fully saturated rings. The van der Waals surface area contributed by atoms with E-state index < -0.39 is 12.3 Å². The van der Waals surface area contributed by atoms with Crippen LogP contribution in [0.4, 0.5) is 0 Å². The van der Waals surface area contributed by atoms with Crippen molar-refractivity contribution in [2.24, 2.45) is 5.41 Å². The van der Waals surface area contributed by atoms with E-state index in [9.17, 15) is 0 Å². The van der Waals surface area contributed by atoms with Crippen LogP contribution < -0.4 is 0 Å². The quantitative estimate of drug-likeness (QED) is 0.590. The van der Waals surface area contributed by atoms with E-state index in [0.29, 0.717) is 0 Å². The van der Waals surface area contributed by atoms with Gasteiger partial charge in [0.05, 0.1) is 0 Å². The summed E-state index contributed by atoms with van der Waals surface area (Å²) in [6, 6.07) is 0. The molecule has 56 valence electrons. The Kier molecular flexibility index (Phi) is 3.63. The van der Waals surface area contributed by atoms with Gasteiger partial charge in [-0.3, -0.25) is 0 Å². The van der Waals surface area contributed by atoms with Crippen molar-refractivity contribution >= 4 is 28.3 Å².